The Morgan fingerprint density at radius 3 is 2.09 bits per heavy atom. The Bertz CT molecular complexity index is 726. The van der Waals surface area contributed by atoms with Gasteiger partial charge < -0.3 is 0 Å². The summed E-state index contributed by atoms with van der Waals surface area (Å²) in [4.78, 5) is 0.263. The van der Waals surface area contributed by atoms with E-state index in [1.807, 2.05) is 58.0 Å². The second-order valence-electron chi connectivity index (χ2n) is 5.88. The van der Waals surface area contributed by atoms with Crippen LogP contribution in [0, 0.1) is 6.92 Å². The van der Waals surface area contributed by atoms with Gasteiger partial charge in [-0.15, -0.1) is 0 Å². The first kappa shape index (κ1) is 16.7. The first-order valence-electron chi connectivity index (χ1n) is 7.40. The third-order valence-corrected chi connectivity index (χ3v) is 5.80. The SMILES string of the molecule is Cc1nn(-c2ccccc2)cc1S(=O)(=O)N(C(C)C)C(C)C. The van der Waals surface area contributed by atoms with Crippen LogP contribution in [0.2, 0.25) is 0 Å². The maximum Gasteiger partial charge on any atom is 0.246 e. The molecule has 0 fully saturated rings. The fourth-order valence-electron chi connectivity index (χ4n) is 2.68. The van der Waals surface area contributed by atoms with Gasteiger partial charge in [0.2, 0.25) is 10.0 Å². The van der Waals surface area contributed by atoms with Crippen LogP contribution in [0.5, 0.6) is 0 Å². The number of hydrogen-bond acceptors (Lipinski definition) is 3. The summed E-state index contributed by atoms with van der Waals surface area (Å²) in [7, 11) is -3.57. The first-order valence-corrected chi connectivity index (χ1v) is 8.84. The van der Waals surface area contributed by atoms with Crippen molar-refractivity contribution < 1.29 is 8.42 Å². The van der Waals surface area contributed by atoms with Gasteiger partial charge in [-0.1, -0.05) is 18.2 Å². The second-order valence-corrected chi connectivity index (χ2v) is 7.69. The number of rotatable bonds is 5. The lowest BCUT2D eigenvalue weighted by Crippen LogP contribution is -2.42. The van der Waals surface area contributed by atoms with Crippen LogP contribution < -0.4 is 0 Å². The van der Waals surface area contributed by atoms with E-state index in [2.05, 4.69) is 5.10 Å². The molecular formula is C16H23N3O2S. The standard InChI is InChI=1S/C16H23N3O2S/c1-12(2)19(13(3)4)22(20,21)16-11-18(17-14(16)5)15-9-7-6-8-10-15/h6-13H,1-5H3. The van der Waals surface area contributed by atoms with E-state index in [9.17, 15) is 8.42 Å². The molecule has 2 aromatic rings. The van der Waals surface area contributed by atoms with Gasteiger partial charge >= 0.3 is 0 Å². The molecule has 0 radical (unpaired) electrons. The molecule has 0 bridgehead atoms. The molecule has 1 aromatic carbocycles. The van der Waals surface area contributed by atoms with Crippen LogP contribution in [0.3, 0.4) is 0 Å². The average Bonchev–Trinajstić information content (AvgIpc) is 2.81. The number of sulfonamides is 1. The Kier molecular flexibility index (Phi) is 4.72. The molecule has 120 valence electrons. The van der Waals surface area contributed by atoms with Crippen LogP contribution in [-0.4, -0.2) is 34.6 Å². The zero-order chi connectivity index (χ0) is 16.5. The molecule has 0 N–H and O–H groups in total. The van der Waals surface area contributed by atoms with E-state index in [0.717, 1.165) is 5.69 Å². The lowest BCUT2D eigenvalue weighted by molar-refractivity contribution is 0.302. The van der Waals surface area contributed by atoms with E-state index in [1.165, 1.54) is 4.31 Å². The summed E-state index contributed by atoms with van der Waals surface area (Å²) in [5.74, 6) is 0. The van der Waals surface area contributed by atoms with Gasteiger partial charge in [0, 0.05) is 12.1 Å². The summed E-state index contributed by atoms with van der Waals surface area (Å²) in [5.41, 5.74) is 1.35. The minimum absolute atomic E-state index is 0.107. The zero-order valence-electron chi connectivity index (χ0n) is 13.7. The maximum absolute atomic E-state index is 13.0. The molecule has 22 heavy (non-hydrogen) atoms. The third kappa shape index (κ3) is 3.08. The van der Waals surface area contributed by atoms with Gasteiger partial charge in [-0.05, 0) is 46.8 Å². The van der Waals surface area contributed by atoms with Crippen molar-refractivity contribution >= 4 is 10.0 Å². The number of para-hydroxylation sites is 1. The third-order valence-electron chi connectivity index (χ3n) is 3.45. The van der Waals surface area contributed by atoms with Crippen LogP contribution in [0.1, 0.15) is 33.4 Å². The monoisotopic (exact) mass is 321 g/mol. The van der Waals surface area contributed by atoms with Crippen molar-refractivity contribution in [1.29, 1.82) is 0 Å². The van der Waals surface area contributed by atoms with E-state index in [1.54, 1.807) is 17.8 Å². The molecule has 1 aromatic heterocycles. The maximum atomic E-state index is 13.0. The van der Waals surface area contributed by atoms with Crippen molar-refractivity contribution in [2.24, 2.45) is 0 Å². The molecule has 0 saturated heterocycles. The Hall–Kier alpha value is -1.66. The Labute approximate surface area is 132 Å². The van der Waals surface area contributed by atoms with Crippen molar-refractivity contribution in [3.05, 3.63) is 42.2 Å². The molecule has 0 unspecified atom stereocenters. The van der Waals surface area contributed by atoms with Crippen LogP contribution >= 0.6 is 0 Å². The number of benzene rings is 1. The highest BCUT2D eigenvalue weighted by Crippen LogP contribution is 2.24. The van der Waals surface area contributed by atoms with Crippen LogP contribution in [0.25, 0.3) is 5.69 Å². The summed E-state index contributed by atoms with van der Waals surface area (Å²) in [5, 5.41) is 4.36. The Morgan fingerprint density at radius 2 is 1.59 bits per heavy atom. The molecule has 0 saturated carbocycles. The highest BCUT2D eigenvalue weighted by Gasteiger charge is 2.32. The Morgan fingerprint density at radius 1 is 1.05 bits per heavy atom. The predicted molar refractivity (Wildman–Crippen MR) is 87.6 cm³/mol. The van der Waals surface area contributed by atoms with Gasteiger partial charge in [-0.3, -0.25) is 0 Å². The van der Waals surface area contributed by atoms with Crippen molar-refractivity contribution in [3.63, 3.8) is 0 Å². The van der Waals surface area contributed by atoms with E-state index in [0.29, 0.717) is 5.69 Å². The van der Waals surface area contributed by atoms with Gasteiger partial charge in [-0.2, -0.15) is 9.40 Å². The second kappa shape index (κ2) is 6.22. The van der Waals surface area contributed by atoms with Gasteiger partial charge in [0.25, 0.3) is 0 Å². The lowest BCUT2D eigenvalue weighted by atomic mass is 10.3. The topological polar surface area (TPSA) is 55.2 Å². The molecule has 0 amide bonds. The highest BCUT2D eigenvalue weighted by molar-refractivity contribution is 7.89. The van der Waals surface area contributed by atoms with Gasteiger partial charge in [0.05, 0.1) is 17.6 Å². The van der Waals surface area contributed by atoms with E-state index in [-0.39, 0.29) is 17.0 Å². The molecule has 0 atom stereocenters. The van der Waals surface area contributed by atoms with Crippen LogP contribution in [0.15, 0.2) is 41.4 Å². The van der Waals surface area contributed by atoms with Crippen molar-refractivity contribution in [1.82, 2.24) is 14.1 Å². The largest absolute Gasteiger partial charge is 0.246 e. The van der Waals surface area contributed by atoms with Crippen LogP contribution in [0.4, 0.5) is 0 Å². The summed E-state index contributed by atoms with van der Waals surface area (Å²) >= 11 is 0. The predicted octanol–water partition coefficient (Wildman–Crippen LogP) is 2.99. The molecule has 6 heteroatoms. The molecule has 1 heterocycles. The Balaban J connectivity index is 2.51. The van der Waals surface area contributed by atoms with E-state index >= 15 is 0 Å². The van der Waals surface area contributed by atoms with Crippen LogP contribution in [-0.2, 0) is 10.0 Å². The molecule has 0 aliphatic heterocycles. The van der Waals surface area contributed by atoms with Crippen molar-refractivity contribution in [3.8, 4) is 5.69 Å². The smallest absolute Gasteiger partial charge is 0.239 e. The average molecular weight is 321 g/mol. The molecule has 2 rings (SSSR count). The number of aromatic nitrogens is 2. The van der Waals surface area contributed by atoms with Gasteiger partial charge in [0.1, 0.15) is 4.90 Å². The summed E-state index contributed by atoms with van der Waals surface area (Å²) in [6.07, 6.45) is 1.60. The number of hydrogen-bond donors (Lipinski definition) is 0. The molecule has 0 aliphatic carbocycles. The summed E-state index contributed by atoms with van der Waals surface area (Å²) in [6, 6.07) is 9.28. The van der Waals surface area contributed by atoms with Crippen molar-refractivity contribution in [2.45, 2.75) is 51.6 Å². The minimum atomic E-state index is -3.57. The molecule has 5 nitrogen and oxygen atoms in total. The normalized spacial score (nSPS) is 12.5. The number of nitrogens with zero attached hydrogens (tertiary/aromatic N) is 3. The number of aryl methyl sites for hydroxylation is 1. The molecule has 0 aliphatic rings. The summed E-state index contributed by atoms with van der Waals surface area (Å²) in [6.45, 7) is 9.26. The van der Waals surface area contributed by atoms with E-state index < -0.39 is 10.0 Å². The first-order chi connectivity index (χ1) is 10.2. The highest BCUT2D eigenvalue weighted by atomic mass is 32.2. The fourth-order valence-corrected chi connectivity index (χ4v) is 4.66. The quantitative estimate of drug-likeness (QED) is 0.850. The lowest BCUT2D eigenvalue weighted by Gasteiger charge is -2.29. The zero-order valence-corrected chi connectivity index (χ0v) is 14.5. The van der Waals surface area contributed by atoms with Gasteiger partial charge in [-0.25, -0.2) is 13.1 Å². The molecule has 0 spiro atoms. The molecular weight excluding hydrogens is 298 g/mol. The van der Waals surface area contributed by atoms with E-state index in [4.69, 9.17) is 0 Å². The minimum Gasteiger partial charge on any atom is -0.239 e. The summed E-state index contributed by atoms with van der Waals surface area (Å²) < 4.78 is 29.0. The van der Waals surface area contributed by atoms with Crippen molar-refractivity contribution in [2.75, 3.05) is 0 Å². The fraction of sp³-hybridized carbons (Fsp3) is 0.438. The van der Waals surface area contributed by atoms with Gasteiger partial charge in [0.15, 0.2) is 0 Å².